The lowest BCUT2D eigenvalue weighted by atomic mass is 9.93. The smallest absolute Gasteiger partial charge is 0.273 e. The molecule has 2 heterocycles. The van der Waals surface area contributed by atoms with Crippen molar-refractivity contribution < 1.29 is 9.90 Å². The van der Waals surface area contributed by atoms with E-state index in [1.165, 1.54) is 0 Å². The highest BCUT2D eigenvalue weighted by atomic mass is 16.3. The number of hydrogen-bond acceptors (Lipinski definition) is 3. The Kier molecular flexibility index (Phi) is 3.18. The van der Waals surface area contributed by atoms with Crippen LogP contribution in [0.4, 0.5) is 0 Å². The molecule has 1 saturated heterocycles. The van der Waals surface area contributed by atoms with Gasteiger partial charge in [0, 0.05) is 24.7 Å². The fourth-order valence-corrected chi connectivity index (χ4v) is 2.63. The first-order chi connectivity index (χ1) is 9.57. The van der Waals surface area contributed by atoms with Crippen molar-refractivity contribution in [3.63, 3.8) is 0 Å². The minimum absolute atomic E-state index is 0.0442. The third-order valence-electron chi connectivity index (χ3n) is 4.00. The molecular weight excluding hydrogens is 252 g/mol. The number of hydrogen-bond donors (Lipinski definition) is 1. The minimum atomic E-state index is -0.650. The molecule has 1 fully saturated rings. The number of pyridine rings is 1. The number of nitrogens with zero attached hydrogens (tertiary/aromatic N) is 2. The van der Waals surface area contributed by atoms with Gasteiger partial charge < -0.3 is 10.0 Å². The molecule has 4 heteroatoms. The van der Waals surface area contributed by atoms with Gasteiger partial charge in [-0.3, -0.25) is 9.78 Å². The first kappa shape index (κ1) is 13.1. The molecule has 0 aliphatic carbocycles. The monoisotopic (exact) mass is 270 g/mol. The fourth-order valence-electron chi connectivity index (χ4n) is 2.63. The second-order valence-corrected chi connectivity index (χ2v) is 5.67. The number of fused-ring (bicyclic) bond motifs is 1. The lowest BCUT2D eigenvalue weighted by molar-refractivity contribution is -0.00212. The number of aliphatic hydroxyl groups is 1. The summed E-state index contributed by atoms with van der Waals surface area (Å²) < 4.78 is 0. The molecule has 2 aromatic rings. The van der Waals surface area contributed by atoms with Gasteiger partial charge >= 0.3 is 0 Å². The highest BCUT2D eigenvalue weighted by Gasteiger charge is 2.30. The van der Waals surface area contributed by atoms with E-state index in [0.29, 0.717) is 31.6 Å². The number of benzene rings is 1. The van der Waals surface area contributed by atoms with Crippen LogP contribution >= 0.6 is 0 Å². The largest absolute Gasteiger partial charge is 0.390 e. The quantitative estimate of drug-likeness (QED) is 0.864. The first-order valence-electron chi connectivity index (χ1n) is 6.92. The van der Waals surface area contributed by atoms with E-state index in [2.05, 4.69) is 4.98 Å². The maximum absolute atomic E-state index is 12.6. The Morgan fingerprint density at radius 2 is 1.95 bits per heavy atom. The maximum atomic E-state index is 12.6. The summed E-state index contributed by atoms with van der Waals surface area (Å²) in [7, 11) is 0. The standard InChI is InChI=1S/C16H18N2O2/c1-16(20)7-10-18(11-8-16)15(19)14-13-5-3-2-4-12(13)6-9-17-14/h2-6,9,20H,7-8,10-11H2,1H3. The van der Waals surface area contributed by atoms with E-state index in [1.54, 1.807) is 11.1 Å². The van der Waals surface area contributed by atoms with Crippen molar-refractivity contribution in [1.29, 1.82) is 0 Å². The zero-order valence-corrected chi connectivity index (χ0v) is 11.5. The van der Waals surface area contributed by atoms with Crippen molar-refractivity contribution in [2.75, 3.05) is 13.1 Å². The molecule has 3 rings (SSSR count). The van der Waals surface area contributed by atoms with Gasteiger partial charge in [0.2, 0.25) is 0 Å². The van der Waals surface area contributed by atoms with Gasteiger partial charge in [-0.15, -0.1) is 0 Å². The van der Waals surface area contributed by atoms with E-state index in [1.807, 2.05) is 37.3 Å². The van der Waals surface area contributed by atoms with Crippen LogP contribution in [0.15, 0.2) is 36.5 Å². The second kappa shape index (κ2) is 4.87. The molecule has 0 atom stereocenters. The van der Waals surface area contributed by atoms with Crippen LogP contribution in [0.5, 0.6) is 0 Å². The molecule has 0 spiro atoms. The molecule has 4 nitrogen and oxygen atoms in total. The number of carbonyl (C=O) groups excluding carboxylic acids is 1. The lowest BCUT2D eigenvalue weighted by Gasteiger charge is -2.35. The minimum Gasteiger partial charge on any atom is -0.390 e. The van der Waals surface area contributed by atoms with Crippen molar-refractivity contribution >= 4 is 16.7 Å². The zero-order chi connectivity index (χ0) is 14.2. The summed E-state index contributed by atoms with van der Waals surface area (Å²) in [5.74, 6) is -0.0442. The van der Waals surface area contributed by atoms with Crippen LogP contribution in [-0.2, 0) is 0 Å². The van der Waals surface area contributed by atoms with Crippen molar-refractivity contribution in [3.8, 4) is 0 Å². The molecule has 1 amide bonds. The zero-order valence-electron chi connectivity index (χ0n) is 11.5. The Balaban J connectivity index is 1.90. The molecular formula is C16H18N2O2. The van der Waals surface area contributed by atoms with Gasteiger partial charge in [-0.1, -0.05) is 24.3 Å². The van der Waals surface area contributed by atoms with Crippen molar-refractivity contribution in [1.82, 2.24) is 9.88 Å². The number of aromatic nitrogens is 1. The Hall–Kier alpha value is -1.94. The molecule has 1 N–H and O–H groups in total. The van der Waals surface area contributed by atoms with E-state index in [-0.39, 0.29) is 5.91 Å². The molecule has 0 radical (unpaired) electrons. The molecule has 0 bridgehead atoms. The van der Waals surface area contributed by atoms with E-state index in [9.17, 15) is 9.90 Å². The summed E-state index contributed by atoms with van der Waals surface area (Å²) in [6.07, 6.45) is 2.91. The highest BCUT2D eigenvalue weighted by molar-refractivity contribution is 6.05. The third kappa shape index (κ3) is 2.39. The van der Waals surface area contributed by atoms with Crippen molar-refractivity contribution in [3.05, 3.63) is 42.2 Å². The Labute approximate surface area is 118 Å². The van der Waals surface area contributed by atoms with Crippen LogP contribution in [-0.4, -0.2) is 39.6 Å². The predicted molar refractivity (Wildman–Crippen MR) is 77.5 cm³/mol. The summed E-state index contributed by atoms with van der Waals surface area (Å²) in [6.45, 7) is 2.98. The highest BCUT2D eigenvalue weighted by Crippen LogP contribution is 2.24. The number of amides is 1. The molecule has 104 valence electrons. The Morgan fingerprint density at radius 1 is 1.25 bits per heavy atom. The fraction of sp³-hybridized carbons (Fsp3) is 0.375. The summed E-state index contributed by atoms with van der Waals surface area (Å²) in [5, 5.41) is 11.9. The maximum Gasteiger partial charge on any atom is 0.273 e. The summed E-state index contributed by atoms with van der Waals surface area (Å²) >= 11 is 0. The number of likely N-dealkylation sites (tertiary alicyclic amines) is 1. The molecule has 1 aromatic heterocycles. The molecule has 0 saturated carbocycles. The van der Waals surface area contributed by atoms with Crippen LogP contribution in [0, 0.1) is 0 Å². The van der Waals surface area contributed by atoms with Gasteiger partial charge in [0.1, 0.15) is 5.69 Å². The first-order valence-corrected chi connectivity index (χ1v) is 6.92. The van der Waals surface area contributed by atoms with Crippen molar-refractivity contribution in [2.45, 2.75) is 25.4 Å². The lowest BCUT2D eigenvalue weighted by Crippen LogP contribution is -2.45. The number of rotatable bonds is 1. The Bertz CT molecular complexity index is 636. The molecule has 1 aliphatic heterocycles. The van der Waals surface area contributed by atoms with E-state index < -0.39 is 5.60 Å². The van der Waals surface area contributed by atoms with Crippen LogP contribution in [0.1, 0.15) is 30.3 Å². The summed E-state index contributed by atoms with van der Waals surface area (Å²) in [6, 6.07) is 9.69. The molecule has 0 unspecified atom stereocenters. The number of carbonyl (C=O) groups is 1. The van der Waals surface area contributed by atoms with Gasteiger partial charge in [0.05, 0.1) is 5.60 Å². The second-order valence-electron chi connectivity index (χ2n) is 5.67. The summed E-state index contributed by atoms with van der Waals surface area (Å²) in [4.78, 5) is 18.7. The van der Waals surface area contributed by atoms with Gasteiger partial charge in [0.15, 0.2) is 0 Å². The Morgan fingerprint density at radius 3 is 2.70 bits per heavy atom. The van der Waals surface area contributed by atoms with Crippen molar-refractivity contribution in [2.24, 2.45) is 0 Å². The molecule has 1 aromatic carbocycles. The van der Waals surface area contributed by atoms with Crippen LogP contribution < -0.4 is 0 Å². The van der Waals surface area contributed by atoms with Crippen LogP contribution in [0.2, 0.25) is 0 Å². The van der Waals surface area contributed by atoms with Gasteiger partial charge in [-0.2, -0.15) is 0 Å². The van der Waals surface area contributed by atoms with E-state index >= 15 is 0 Å². The van der Waals surface area contributed by atoms with E-state index in [4.69, 9.17) is 0 Å². The summed E-state index contributed by atoms with van der Waals surface area (Å²) in [5.41, 5.74) is -0.146. The predicted octanol–water partition coefficient (Wildman–Crippen LogP) is 2.22. The van der Waals surface area contributed by atoms with Gasteiger partial charge in [-0.05, 0) is 31.2 Å². The third-order valence-corrected chi connectivity index (χ3v) is 4.00. The number of piperidine rings is 1. The van der Waals surface area contributed by atoms with Crippen LogP contribution in [0.3, 0.4) is 0 Å². The van der Waals surface area contributed by atoms with Crippen LogP contribution in [0.25, 0.3) is 10.8 Å². The van der Waals surface area contributed by atoms with Gasteiger partial charge in [-0.25, -0.2) is 0 Å². The molecule has 1 aliphatic rings. The SMILES string of the molecule is CC1(O)CCN(C(=O)c2nccc3ccccc23)CC1. The topological polar surface area (TPSA) is 53.4 Å². The normalized spacial score (nSPS) is 18.2. The average Bonchev–Trinajstić information content (AvgIpc) is 2.46. The molecule has 20 heavy (non-hydrogen) atoms. The van der Waals surface area contributed by atoms with E-state index in [0.717, 1.165) is 10.8 Å². The van der Waals surface area contributed by atoms with Gasteiger partial charge in [0.25, 0.3) is 5.91 Å². The average molecular weight is 270 g/mol.